The van der Waals surface area contributed by atoms with Crippen molar-refractivity contribution in [2.24, 2.45) is 0 Å². The van der Waals surface area contributed by atoms with Crippen LogP contribution < -0.4 is 9.64 Å². The number of ether oxygens (including phenoxy) is 1. The maximum atomic E-state index is 9.45. The predicted molar refractivity (Wildman–Crippen MR) is 168 cm³/mol. The number of benzene rings is 5. The Bertz CT molecular complexity index is 1840. The zero-order valence-corrected chi connectivity index (χ0v) is 23.0. The first kappa shape index (κ1) is 25.9. The van der Waals surface area contributed by atoms with Crippen LogP contribution in [0.15, 0.2) is 97.1 Å². The third-order valence-electron chi connectivity index (χ3n) is 7.82. The summed E-state index contributed by atoms with van der Waals surface area (Å²) in [6.07, 6.45) is 8.80. The van der Waals surface area contributed by atoms with E-state index in [-0.39, 0.29) is 0 Å². The molecule has 0 aromatic heterocycles. The highest BCUT2D eigenvalue weighted by molar-refractivity contribution is 6.01. The zero-order valence-electron chi connectivity index (χ0n) is 23.0. The third-order valence-corrected chi connectivity index (χ3v) is 7.82. The Labute approximate surface area is 241 Å². The molecule has 1 aliphatic rings. The van der Waals surface area contributed by atoms with Crippen molar-refractivity contribution < 1.29 is 4.74 Å². The Balaban J connectivity index is 1.34. The zero-order chi connectivity index (χ0) is 28.2. The molecule has 0 N–H and O–H groups in total. The predicted octanol–water partition coefficient (Wildman–Crippen LogP) is 9.79. The first-order valence-electron chi connectivity index (χ1n) is 13.9. The fourth-order valence-corrected chi connectivity index (χ4v) is 5.67. The molecular formula is C37H29N3O. The Hall–Kier alpha value is -5.32. The van der Waals surface area contributed by atoms with Gasteiger partial charge in [-0.1, -0.05) is 54.6 Å². The van der Waals surface area contributed by atoms with Crippen molar-refractivity contribution in [2.75, 3.05) is 12.0 Å². The molecule has 0 heterocycles. The maximum absolute atomic E-state index is 9.45. The van der Waals surface area contributed by atoms with Crippen LogP contribution in [0.2, 0.25) is 0 Å². The molecule has 4 heteroatoms. The fourth-order valence-electron chi connectivity index (χ4n) is 5.67. The monoisotopic (exact) mass is 531 g/mol. The Morgan fingerprint density at radius 3 is 2.20 bits per heavy atom. The number of rotatable bonds is 6. The van der Waals surface area contributed by atoms with E-state index in [1.165, 1.54) is 24.0 Å². The van der Waals surface area contributed by atoms with E-state index in [0.29, 0.717) is 11.3 Å². The summed E-state index contributed by atoms with van der Waals surface area (Å²) in [6.45, 7) is 7.79. The molecule has 0 saturated carbocycles. The van der Waals surface area contributed by atoms with Gasteiger partial charge in [0.1, 0.15) is 5.75 Å². The summed E-state index contributed by atoms with van der Waals surface area (Å²) in [4.78, 5) is 6.09. The molecule has 198 valence electrons. The Morgan fingerprint density at radius 2 is 1.49 bits per heavy atom. The number of anilines is 3. The van der Waals surface area contributed by atoms with E-state index < -0.39 is 0 Å². The van der Waals surface area contributed by atoms with E-state index in [2.05, 4.69) is 70.4 Å². The minimum atomic E-state index is 0.561. The molecule has 5 aromatic rings. The number of aryl methyl sites for hydroxylation is 2. The normalized spacial score (nSPS) is 12.5. The lowest BCUT2D eigenvalue weighted by atomic mass is 9.91. The molecule has 0 amide bonds. The molecule has 0 bridgehead atoms. The summed E-state index contributed by atoms with van der Waals surface area (Å²) in [7, 11) is 1.69. The average molecular weight is 532 g/mol. The summed E-state index contributed by atoms with van der Waals surface area (Å²) in [6, 6.07) is 35.1. The van der Waals surface area contributed by atoms with E-state index in [9.17, 15) is 5.26 Å². The van der Waals surface area contributed by atoms with E-state index in [1.54, 1.807) is 13.2 Å². The molecule has 41 heavy (non-hydrogen) atoms. The minimum absolute atomic E-state index is 0.561. The van der Waals surface area contributed by atoms with Crippen LogP contribution in [0.1, 0.15) is 40.7 Å². The highest BCUT2D eigenvalue weighted by Gasteiger charge is 2.16. The molecule has 1 aliphatic carbocycles. The SMILES string of the molecule is [C-]#[N+]c1c(C=Cc2ccc(N(c3ccc(OC)cc3)c3ccc4c(c3)CCCC4)cc2)ccc2c(C#N)cccc12. The maximum Gasteiger partial charge on any atom is 0.202 e. The highest BCUT2D eigenvalue weighted by Crippen LogP contribution is 2.38. The van der Waals surface area contributed by atoms with Gasteiger partial charge in [-0.25, -0.2) is 4.85 Å². The van der Waals surface area contributed by atoms with Crippen LogP contribution in [0.3, 0.4) is 0 Å². The van der Waals surface area contributed by atoms with Crippen LogP contribution in [0.5, 0.6) is 5.75 Å². The summed E-state index contributed by atoms with van der Waals surface area (Å²) in [5.74, 6) is 0.830. The van der Waals surface area contributed by atoms with Crippen LogP contribution in [0.4, 0.5) is 22.7 Å². The van der Waals surface area contributed by atoms with Gasteiger partial charge in [-0.2, -0.15) is 5.26 Å². The lowest BCUT2D eigenvalue weighted by molar-refractivity contribution is 0.415. The number of hydrogen-bond acceptors (Lipinski definition) is 3. The molecule has 0 aliphatic heterocycles. The van der Waals surface area contributed by atoms with Gasteiger partial charge in [-0.15, -0.1) is 0 Å². The quantitative estimate of drug-likeness (QED) is 0.162. The fraction of sp³-hybridized carbons (Fsp3) is 0.135. The molecular weight excluding hydrogens is 502 g/mol. The van der Waals surface area contributed by atoms with Gasteiger partial charge < -0.3 is 9.64 Å². The lowest BCUT2D eigenvalue weighted by Crippen LogP contribution is -2.12. The van der Waals surface area contributed by atoms with Crippen molar-refractivity contribution in [3.63, 3.8) is 0 Å². The molecule has 0 saturated heterocycles. The topological polar surface area (TPSA) is 40.6 Å². The first-order valence-corrected chi connectivity index (χ1v) is 13.9. The number of nitriles is 1. The smallest absolute Gasteiger partial charge is 0.202 e. The summed E-state index contributed by atoms with van der Waals surface area (Å²) >= 11 is 0. The van der Waals surface area contributed by atoms with Crippen LogP contribution in [0.25, 0.3) is 27.8 Å². The van der Waals surface area contributed by atoms with Gasteiger partial charge in [0.2, 0.25) is 5.69 Å². The molecule has 0 fully saturated rings. The van der Waals surface area contributed by atoms with Crippen LogP contribution in [-0.2, 0) is 12.8 Å². The van der Waals surface area contributed by atoms with Crippen molar-refractivity contribution in [3.05, 3.63) is 136 Å². The highest BCUT2D eigenvalue weighted by atomic mass is 16.5. The average Bonchev–Trinajstić information content (AvgIpc) is 3.04. The summed E-state index contributed by atoms with van der Waals surface area (Å²) in [5.41, 5.74) is 9.21. The second-order valence-corrected chi connectivity index (χ2v) is 10.2. The number of fused-ring (bicyclic) bond motifs is 2. The van der Waals surface area contributed by atoms with Gasteiger partial charge >= 0.3 is 0 Å². The lowest BCUT2D eigenvalue weighted by Gasteiger charge is -2.27. The summed E-state index contributed by atoms with van der Waals surface area (Å²) < 4.78 is 5.41. The molecule has 0 spiro atoms. The number of nitrogens with zero attached hydrogens (tertiary/aromatic N) is 3. The Morgan fingerprint density at radius 1 is 0.780 bits per heavy atom. The Kier molecular flexibility index (Phi) is 7.23. The van der Waals surface area contributed by atoms with E-state index in [1.807, 2.05) is 48.6 Å². The van der Waals surface area contributed by atoms with Crippen molar-refractivity contribution in [2.45, 2.75) is 25.7 Å². The van der Waals surface area contributed by atoms with E-state index >= 15 is 0 Å². The van der Waals surface area contributed by atoms with E-state index in [0.717, 1.165) is 57.6 Å². The molecule has 0 atom stereocenters. The minimum Gasteiger partial charge on any atom is -0.497 e. The number of methoxy groups -OCH3 is 1. The second-order valence-electron chi connectivity index (χ2n) is 10.2. The van der Waals surface area contributed by atoms with Gasteiger partial charge in [-0.3, -0.25) is 0 Å². The molecule has 4 nitrogen and oxygen atoms in total. The van der Waals surface area contributed by atoms with Crippen molar-refractivity contribution in [3.8, 4) is 11.8 Å². The van der Waals surface area contributed by atoms with Crippen LogP contribution in [-0.4, -0.2) is 7.11 Å². The van der Waals surface area contributed by atoms with E-state index in [4.69, 9.17) is 11.3 Å². The van der Waals surface area contributed by atoms with Gasteiger partial charge in [0.15, 0.2) is 0 Å². The van der Waals surface area contributed by atoms with Gasteiger partial charge in [-0.05, 0) is 113 Å². The third kappa shape index (κ3) is 5.17. The standard InChI is InChI=1S/C37H29N3O/c1-39-37-28(15-23-35-30(25-38)8-5-9-36(35)37)13-10-26-11-16-31(17-12-26)40(32-19-21-34(41-2)22-20-32)33-18-14-27-6-3-4-7-29(27)24-33/h5,8-24H,3-4,6-7H2,2H3. The van der Waals surface area contributed by atoms with Crippen molar-refractivity contribution in [1.82, 2.24) is 0 Å². The molecule has 0 radical (unpaired) electrons. The second kappa shape index (κ2) is 11.4. The molecule has 0 unspecified atom stereocenters. The van der Waals surface area contributed by atoms with Crippen molar-refractivity contribution >= 4 is 45.7 Å². The van der Waals surface area contributed by atoms with Crippen LogP contribution in [0, 0.1) is 17.9 Å². The largest absolute Gasteiger partial charge is 0.497 e. The molecule has 5 aromatic carbocycles. The van der Waals surface area contributed by atoms with Gasteiger partial charge in [0.05, 0.1) is 25.3 Å². The van der Waals surface area contributed by atoms with Crippen molar-refractivity contribution in [1.29, 1.82) is 5.26 Å². The summed E-state index contributed by atoms with van der Waals surface area (Å²) in [5, 5.41) is 11.1. The van der Waals surface area contributed by atoms with Gasteiger partial charge in [0.25, 0.3) is 0 Å². The van der Waals surface area contributed by atoms with Gasteiger partial charge in [0, 0.05) is 17.1 Å². The number of hydrogen-bond donors (Lipinski definition) is 0. The first-order chi connectivity index (χ1) is 20.2. The van der Waals surface area contributed by atoms with Crippen LogP contribution >= 0.6 is 0 Å². The molecule has 6 rings (SSSR count).